The molecule has 0 aromatic heterocycles. The summed E-state index contributed by atoms with van der Waals surface area (Å²) in [5.74, 6) is 0. The van der Waals surface area contributed by atoms with Crippen molar-refractivity contribution < 1.29 is 5.11 Å². The second-order valence-corrected chi connectivity index (χ2v) is 6.75. The van der Waals surface area contributed by atoms with Crippen LogP contribution in [0.4, 0.5) is 0 Å². The molecule has 1 aliphatic carbocycles. The summed E-state index contributed by atoms with van der Waals surface area (Å²) < 4.78 is 0. The number of rotatable bonds is 8. The molecule has 1 rings (SSSR count). The van der Waals surface area contributed by atoms with Crippen LogP contribution in [0, 0.1) is 5.41 Å². The Hall–Kier alpha value is -0.120. The Morgan fingerprint density at radius 2 is 1.89 bits per heavy atom. The van der Waals surface area contributed by atoms with Crippen molar-refractivity contribution in [2.45, 2.75) is 71.9 Å². The molecule has 114 valence electrons. The van der Waals surface area contributed by atoms with Gasteiger partial charge in [0.05, 0.1) is 6.61 Å². The van der Waals surface area contributed by atoms with Gasteiger partial charge in [0.15, 0.2) is 0 Å². The van der Waals surface area contributed by atoms with Crippen molar-refractivity contribution in [3.63, 3.8) is 0 Å². The molecule has 1 atom stereocenters. The third-order valence-corrected chi connectivity index (χ3v) is 4.77. The Morgan fingerprint density at radius 3 is 2.42 bits per heavy atom. The second kappa shape index (κ2) is 8.23. The molecule has 1 fully saturated rings. The molecule has 0 spiro atoms. The van der Waals surface area contributed by atoms with E-state index in [1.807, 2.05) is 0 Å². The molecular formula is C16H34N2O. The molecule has 19 heavy (non-hydrogen) atoms. The summed E-state index contributed by atoms with van der Waals surface area (Å²) in [6, 6.07) is 1.19. The standard InChI is InChI=1S/C16H34N2O/c1-5-17-14(2)16(3,4)13-18(11-12-19)15-9-7-6-8-10-15/h14-15,17,19H,5-13H2,1-4H3. The van der Waals surface area contributed by atoms with Crippen LogP contribution < -0.4 is 5.32 Å². The average molecular weight is 270 g/mol. The third kappa shape index (κ3) is 5.41. The fourth-order valence-electron chi connectivity index (χ4n) is 3.21. The van der Waals surface area contributed by atoms with E-state index < -0.39 is 0 Å². The lowest BCUT2D eigenvalue weighted by atomic mass is 9.83. The van der Waals surface area contributed by atoms with E-state index in [2.05, 4.69) is 37.9 Å². The van der Waals surface area contributed by atoms with Gasteiger partial charge in [0, 0.05) is 25.2 Å². The first-order chi connectivity index (χ1) is 9.01. The number of aliphatic hydroxyl groups is 1. The van der Waals surface area contributed by atoms with Gasteiger partial charge in [-0.15, -0.1) is 0 Å². The highest BCUT2D eigenvalue weighted by Crippen LogP contribution is 2.28. The first-order valence-corrected chi connectivity index (χ1v) is 8.09. The zero-order chi connectivity index (χ0) is 14.3. The number of nitrogens with zero attached hydrogens (tertiary/aromatic N) is 1. The highest BCUT2D eigenvalue weighted by Gasteiger charge is 2.31. The monoisotopic (exact) mass is 270 g/mol. The largest absolute Gasteiger partial charge is 0.395 e. The molecule has 3 heteroatoms. The molecule has 0 saturated heterocycles. The van der Waals surface area contributed by atoms with Gasteiger partial charge in [-0.1, -0.05) is 40.0 Å². The van der Waals surface area contributed by atoms with E-state index in [4.69, 9.17) is 0 Å². The van der Waals surface area contributed by atoms with Crippen molar-refractivity contribution in [2.75, 3.05) is 26.2 Å². The van der Waals surface area contributed by atoms with Gasteiger partial charge in [0.2, 0.25) is 0 Å². The summed E-state index contributed by atoms with van der Waals surface area (Å²) in [4.78, 5) is 2.53. The van der Waals surface area contributed by atoms with Crippen LogP contribution >= 0.6 is 0 Å². The quantitative estimate of drug-likeness (QED) is 0.712. The SMILES string of the molecule is CCNC(C)C(C)(C)CN(CCO)C1CCCCC1. The molecule has 0 aliphatic heterocycles. The molecule has 0 aromatic rings. The van der Waals surface area contributed by atoms with Crippen molar-refractivity contribution in [1.82, 2.24) is 10.2 Å². The van der Waals surface area contributed by atoms with Gasteiger partial charge in [-0.05, 0) is 31.7 Å². The van der Waals surface area contributed by atoms with Crippen LogP contribution in [0.5, 0.6) is 0 Å². The Bertz CT molecular complexity index is 237. The zero-order valence-corrected chi connectivity index (χ0v) is 13.4. The smallest absolute Gasteiger partial charge is 0.0558 e. The summed E-state index contributed by atoms with van der Waals surface area (Å²) in [6.07, 6.45) is 6.73. The minimum Gasteiger partial charge on any atom is -0.395 e. The van der Waals surface area contributed by atoms with Crippen molar-refractivity contribution in [3.05, 3.63) is 0 Å². The third-order valence-electron chi connectivity index (χ3n) is 4.77. The number of hydrogen-bond acceptors (Lipinski definition) is 3. The van der Waals surface area contributed by atoms with Crippen LogP contribution in [0.3, 0.4) is 0 Å². The topological polar surface area (TPSA) is 35.5 Å². The van der Waals surface area contributed by atoms with Gasteiger partial charge in [0.25, 0.3) is 0 Å². The maximum Gasteiger partial charge on any atom is 0.0558 e. The van der Waals surface area contributed by atoms with Gasteiger partial charge < -0.3 is 10.4 Å². The average Bonchev–Trinajstić information content (AvgIpc) is 2.39. The predicted octanol–water partition coefficient (Wildman–Crippen LogP) is 2.64. The maximum absolute atomic E-state index is 9.35. The Labute approximate surface area is 119 Å². The van der Waals surface area contributed by atoms with E-state index in [1.165, 1.54) is 32.1 Å². The number of nitrogens with one attached hydrogen (secondary N) is 1. The van der Waals surface area contributed by atoms with Crippen molar-refractivity contribution in [1.29, 1.82) is 0 Å². The lowest BCUT2D eigenvalue weighted by Gasteiger charge is -2.42. The van der Waals surface area contributed by atoms with E-state index in [-0.39, 0.29) is 12.0 Å². The van der Waals surface area contributed by atoms with E-state index in [1.54, 1.807) is 0 Å². The molecule has 0 radical (unpaired) electrons. The Morgan fingerprint density at radius 1 is 1.26 bits per heavy atom. The molecule has 0 aromatic carbocycles. The molecule has 2 N–H and O–H groups in total. The van der Waals surface area contributed by atoms with Crippen molar-refractivity contribution in [3.8, 4) is 0 Å². The highest BCUT2D eigenvalue weighted by atomic mass is 16.3. The van der Waals surface area contributed by atoms with Crippen LogP contribution in [0.2, 0.25) is 0 Å². The molecule has 1 unspecified atom stereocenters. The fourth-order valence-corrected chi connectivity index (χ4v) is 3.21. The van der Waals surface area contributed by atoms with E-state index in [9.17, 15) is 5.11 Å². The first kappa shape index (κ1) is 16.9. The lowest BCUT2D eigenvalue weighted by molar-refractivity contribution is 0.0693. The van der Waals surface area contributed by atoms with Crippen LogP contribution in [-0.2, 0) is 0 Å². The molecule has 0 amide bonds. The highest BCUT2D eigenvalue weighted by molar-refractivity contribution is 4.86. The Balaban J connectivity index is 2.60. The van der Waals surface area contributed by atoms with E-state index >= 15 is 0 Å². The molecule has 1 aliphatic rings. The number of aliphatic hydroxyl groups excluding tert-OH is 1. The molecule has 0 bridgehead atoms. The summed E-state index contributed by atoms with van der Waals surface area (Å²) in [7, 11) is 0. The van der Waals surface area contributed by atoms with Crippen LogP contribution in [0.25, 0.3) is 0 Å². The van der Waals surface area contributed by atoms with Gasteiger partial charge >= 0.3 is 0 Å². The normalized spacial score (nSPS) is 19.9. The van der Waals surface area contributed by atoms with Crippen LogP contribution in [0.15, 0.2) is 0 Å². The zero-order valence-electron chi connectivity index (χ0n) is 13.4. The summed E-state index contributed by atoms with van der Waals surface area (Å²) in [5.41, 5.74) is 0.239. The van der Waals surface area contributed by atoms with Crippen molar-refractivity contribution >= 4 is 0 Å². The summed E-state index contributed by atoms with van der Waals surface area (Å²) in [6.45, 7) is 12.3. The molecule has 3 nitrogen and oxygen atoms in total. The van der Waals surface area contributed by atoms with Gasteiger partial charge in [-0.2, -0.15) is 0 Å². The first-order valence-electron chi connectivity index (χ1n) is 8.09. The number of hydrogen-bond donors (Lipinski definition) is 2. The van der Waals surface area contributed by atoms with Gasteiger partial charge in [-0.3, -0.25) is 4.90 Å². The molecular weight excluding hydrogens is 236 g/mol. The Kier molecular flexibility index (Phi) is 7.33. The minimum atomic E-state index is 0.239. The lowest BCUT2D eigenvalue weighted by Crippen LogP contribution is -2.50. The minimum absolute atomic E-state index is 0.239. The van der Waals surface area contributed by atoms with Crippen LogP contribution in [-0.4, -0.2) is 48.3 Å². The van der Waals surface area contributed by atoms with Crippen molar-refractivity contribution in [2.24, 2.45) is 5.41 Å². The molecule has 0 heterocycles. The predicted molar refractivity (Wildman–Crippen MR) is 82.5 cm³/mol. The second-order valence-electron chi connectivity index (χ2n) is 6.75. The van der Waals surface area contributed by atoms with Gasteiger partial charge in [0.1, 0.15) is 0 Å². The molecule has 1 saturated carbocycles. The van der Waals surface area contributed by atoms with Gasteiger partial charge in [-0.25, -0.2) is 0 Å². The fraction of sp³-hybridized carbons (Fsp3) is 1.00. The maximum atomic E-state index is 9.35. The van der Waals surface area contributed by atoms with E-state index in [0.29, 0.717) is 12.1 Å². The van der Waals surface area contributed by atoms with E-state index in [0.717, 1.165) is 19.6 Å². The summed E-state index contributed by atoms with van der Waals surface area (Å²) in [5, 5.41) is 12.9. The summed E-state index contributed by atoms with van der Waals surface area (Å²) >= 11 is 0. The van der Waals surface area contributed by atoms with Crippen LogP contribution in [0.1, 0.15) is 59.8 Å².